The van der Waals surface area contributed by atoms with E-state index in [2.05, 4.69) is 16.0 Å². The van der Waals surface area contributed by atoms with Crippen LogP contribution >= 0.6 is 0 Å². The number of carbonyl (C=O) groups is 1. The lowest BCUT2D eigenvalue weighted by Crippen LogP contribution is -2.41. The van der Waals surface area contributed by atoms with Crippen molar-refractivity contribution in [3.63, 3.8) is 0 Å². The fraction of sp³-hybridized carbons (Fsp3) is 0.650. The molecule has 1 aromatic heterocycles. The highest BCUT2D eigenvalue weighted by Gasteiger charge is 2.41. The first kappa shape index (κ1) is 18.8. The molecule has 2 fully saturated rings. The SMILES string of the molecule is CCOC(=O)C[C@H]1CCN(C2CCC(C#N)(c3ccc(F)cn3)CC2)C1. The Balaban J connectivity index is 1.56. The van der Waals surface area contributed by atoms with Crippen molar-refractivity contribution in [2.75, 3.05) is 19.7 Å². The predicted molar refractivity (Wildman–Crippen MR) is 94.7 cm³/mol. The molecule has 26 heavy (non-hydrogen) atoms. The maximum absolute atomic E-state index is 13.1. The molecule has 2 heterocycles. The van der Waals surface area contributed by atoms with Gasteiger partial charge in [-0.3, -0.25) is 9.78 Å². The first-order valence-electron chi connectivity index (χ1n) is 9.49. The summed E-state index contributed by atoms with van der Waals surface area (Å²) in [6, 6.07) is 5.92. The highest BCUT2D eigenvalue weighted by Crippen LogP contribution is 2.40. The molecule has 1 saturated carbocycles. The van der Waals surface area contributed by atoms with Crippen molar-refractivity contribution in [3.05, 3.63) is 29.8 Å². The molecule has 2 aliphatic rings. The standard InChI is InChI=1S/C20H26FN3O2/c1-2-26-19(25)11-15-7-10-24(13-15)17-5-8-20(14-22,9-6-17)18-4-3-16(21)12-23-18/h3-4,12,15,17H,2,5-11,13H2,1H3/t15-,17?,20?/m1/s1. The topological polar surface area (TPSA) is 66.2 Å². The lowest BCUT2D eigenvalue weighted by atomic mass is 9.71. The van der Waals surface area contributed by atoms with E-state index in [1.54, 1.807) is 6.07 Å². The highest BCUT2D eigenvalue weighted by atomic mass is 19.1. The van der Waals surface area contributed by atoms with Gasteiger partial charge in [-0.1, -0.05) is 0 Å². The predicted octanol–water partition coefficient (Wildman–Crippen LogP) is 3.20. The molecule has 0 aromatic carbocycles. The van der Waals surface area contributed by atoms with Crippen LogP contribution in [0.1, 0.15) is 51.1 Å². The quantitative estimate of drug-likeness (QED) is 0.755. The Labute approximate surface area is 154 Å². The van der Waals surface area contributed by atoms with Gasteiger partial charge in [0.15, 0.2) is 0 Å². The third-order valence-electron chi connectivity index (χ3n) is 5.83. The summed E-state index contributed by atoms with van der Waals surface area (Å²) in [4.78, 5) is 18.3. The second-order valence-electron chi connectivity index (χ2n) is 7.45. The van der Waals surface area contributed by atoms with E-state index in [4.69, 9.17) is 4.74 Å². The number of pyridine rings is 1. The second-order valence-corrected chi connectivity index (χ2v) is 7.45. The van der Waals surface area contributed by atoms with Gasteiger partial charge in [-0.25, -0.2) is 4.39 Å². The van der Waals surface area contributed by atoms with Crippen LogP contribution in [0.15, 0.2) is 18.3 Å². The van der Waals surface area contributed by atoms with E-state index in [0.717, 1.165) is 45.2 Å². The highest BCUT2D eigenvalue weighted by molar-refractivity contribution is 5.69. The minimum Gasteiger partial charge on any atom is -0.466 e. The number of ether oxygens (including phenoxy) is 1. The first-order chi connectivity index (χ1) is 12.6. The van der Waals surface area contributed by atoms with E-state index in [1.807, 2.05) is 6.92 Å². The first-order valence-corrected chi connectivity index (χ1v) is 9.49. The van der Waals surface area contributed by atoms with Crippen LogP contribution in [-0.2, 0) is 14.9 Å². The molecule has 0 amide bonds. The average molecular weight is 359 g/mol. The fourth-order valence-corrected chi connectivity index (χ4v) is 4.36. The van der Waals surface area contributed by atoms with Gasteiger partial charge in [0.25, 0.3) is 0 Å². The van der Waals surface area contributed by atoms with Gasteiger partial charge in [-0.15, -0.1) is 0 Å². The molecular weight excluding hydrogens is 333 g/mol. The Morgan fingerprint density at radius 1 is 1.42 bits per heavy atom. The molecule has 1 aromatic rings. The zero-order valence-electron chi connectivity index (χ0n) is 15.3. The Bertz CT molecular complexity index is 663. The molecule has 1 aliphatic carbocycles. The van der Waals surface area contributed by atoms with Gasteiger partial charge in [0.1, 0.15) is 5.82 Å². The van der Waals surface area contributed by atoms with Gasteiger partial charge in [0.2, 0.25) is 0 Å². The van der Waals surface area contributed by atoms with E-state index in [0.29, 0.717) is 30.7 Å². The van der Waals surface area contributed by atoms with E-state index < -0.39 is 5.41 Å². The van der Waals surface area contributed by atoms with Crippen LogP contribution in [0.2, 0.25) is 0 Å². The van der Waals surface area contributed by atoms with Crippen LogP contribution in [0, 0.1) is 23.1 Å². The molecule has 5 nitrogen and oxygen atoms in total. The summed E-state index contributed by atoms with van der Waals surface area (Å²) < 4.78 is 18.2. The monoisotopic (exact) mass is 359 g/mol. The number of esters is 1. The van der Waals surface area contributed by atoms with Crippen LogP contribution in [0.5, 0.6) is 0 Å². The van der Waals surface area contributed by atoms with E-state index in [-0.39, 0.29) is 11.8 Å². The Morgan fingerprint density at radius 3 is 2.81 bits per heavy atom. The smallest absolute Gasteiger partial charge is 0.306 e. The Kier molecular flexibility index (Phi) is 5.87. The molecule has 0 bridgehead atoms. The van der Waals surface area contributed by atoms with Gasteiger partial charge in [0, 0.05) is 19.0 Å². The number of carbonyl (C=O) groups excluding carboxylic acids is 1. The normalized spacial score (nSPS) is 29.3. The van der Waals surface area contributed by atoms with Gasteiger partial charge < -0.3 is 9.64 Å². The molecule has 6 heteroatoms. The number of hydrogen-bond acceptors (Lipinski definition) is 5. The van der Waals surface area contributed by atoms with Crippen molar-refractivity contribution in [1.29, 1.82) is 5.26 Å². The molecular formula is C20H26FN3O2. The van der Waals surface area contributed by atoms with E-state index in [1.165, 1.54) is 12.3 Å². The van der Waals surface area contributed by atoms with Crippen molar-refractivity contribution in [3.8, 4) is 6.07 Å². The van der Waals surface area contributed by atoms with Gasteiger partial charge in [-0.05, 0) is 63.6 Å². The maximum atomic E-state index is 13.1. The van der Waals surface area contributed by atoms with Crippen molar-refractivity contribution in [2.24, 2.45) is 5.92 Å². The second kappa shape index (κ2) is 8.13. The molecule has 1 saturated heterocycles. The zero-order valence-corrected chi connectivity index (χ0v) is 15.3. The Morgan fingerprint density at radius 2 is 2.19 bits per heavy atom. The molecule has 3 rings (SSSR count). The maximum Gasteiger partial charge on any atom is 0.306 e. The number of likely N-dealkylation sites (tertiary alicyclic amines) is 1. The number of nitrogens with zero attached hydrogens (tertiary/aromatic N) is 3. The number of nitriles is 1. The van der Waals surface area contributed by atoms with Crippen LogP contribution < -0.4 is 0 Å². The molecule has 1 aliphatic heterocycles. The molecule has 140 valence electrons. The summed E-state index contributed by atoms with van der Waals surface area (Å²) >= 11 is 0. The molecule has 1 atom stereocenters. The fourth-order valence-electron chi connectivity index (χ4n) is 4.36. The lowest BCUT2D eigenvalue weighted by Gasteiger charge is -2.38. The van der Waals surface area contributed by atoms with Crippen LogP contribution in [0.4, 0.5) is 4.39 Å². The lowest BCUT2D eigenvalue weighted by molar-refractivity contribution is -0.144. The van der Waals surface area contributed by atoms with Crippen molar-refractivity contribution >= 4 is 5.97 Å². The van der Waals surface area contributed by atoms with Crippen LogP contribution in [0.3, 0.4) is 0 Å². The Hall–Kier alpha value is -2.00. The number of rotatable bonds is 5. The average Bonchev–Trinajstić information content (AvgIpc) is 3.11. The van der Waals surface area contributed by atoms with E-state index in [9.17, 15) is 14.4 Å². The van der Waals surface area contributed by atoms with Gasteiger partial charge >= 0.3 is 5.97 Å². The van der Waals surface area contributed by atoms with Gasteiger partial charge in [0.05, 0.1) is 30.0 Å². The summed E-state index contributed by atoms with van der Waals surface area (Å²) in [6.07, 6.45) is 6.06. The summed E-state index contributed by atoms with van der Waals surface area (Å²) in [5.41, 5.74) is 0.0790. The molecule has 0 unspecified atom stereocenters. The third kappa shape index (κ3) is 4.04. The third-order valence-corrected chi connectivity index (χ3v) is 5.83. The zero-order chi connectivity index (χ0) is 18.6. The molecule has 0 spiro atoms. The van der Waals surface area contributed by atoms with E-state index >= 15 is 0 Å². The largest absolute Gasteiger partial charge is 0.466 e. The van der Waals surface area contributed by atoms with Crippen molar-refractivity contribution in [1.82, 2.24) is 9.88 Å². The number of hydrogen-bond donors (Lipinski definition) is 0. The minimum atomic E-state index is -0.603. The summed E-state index contributed by atoms with van der Waals surface area (Å²) in [5, 5.41) is 9.76. The van der Waals surface area contributed by atoms with Crippen LogP contribution in [0.25, 0.3) is 0 Å². The van der Waals surface area contributed by atoms with Gasteiger partial charge in [-0.2, -0.15) is 5.26 Å². The van der Waals surface area contributed by atoms with Crippen molar-refractivity contribution < 1.29 is 13.9 Å². The molecule has 0 N–H and O–H groups in total. The van der Waals surface area contributed by atoms with Crippen molar-refractivity contribution in [2.45, 2.75) is 56.9 Å². The number of halogens is 1. The van der Waals surface area contributed by atoms with Crippen LogP contribution in [-0.4, -0.2) is 41.6 Å². The summed E-state index contributed by atoms with van der Waals surface area (Å²) in [7, 11) is 0. The number of aromatic nitrogens is 1. The molecule has 0 radical (unpaired) electrons. The summed E-state index contributed by atoms with van der Waals surface area (Å²) in [5.74, 6) is -0.107. The minimum absolute atomic E-state index is 0.103. The summed E-state index contributed by atoms with van der Waals surface area (Å²) in [6.45, 7) is 4.20.